The van der Waals surface area contributed by atoms with E-state index in [1.54, 1.807) is 12.1 Å². The quantitative estimate of drug-likeness (QED) is 0.464. The highest BCUT2D eigenvalue weighted by Crippen LogP contribution is 2.42. The minimum atomic E-state index is -0.939. The monoisotopic (exact) mass is 416 g/mol. The van der Waals surface area contributed by atoms with E-state index in [1.807, 2.05) is 0 Å². The van der Waals surface area contributed by atoms with Crippen LogP contribution in [0.5, 0.6) is 11.5 Å². The first-order chi connectivity index (χ1) is 14.6. The lowest BCUT2D eigenvalue weighted by Crippen LogP contribution is -2.27. The van der Waals surface area contributed by atoms with Gasteiger partial charge in [0, 0.05) is 5.56 Å². The SMILES string of the molecule is C=CC1CCC(C2CCC(COc3cc4c(c(F)c3F)OC(C=C)CC4)CC2)CC1. The van der Waals surface area contributed by atoms with E-state index in [0.717, 1.165) is 31.1 Å². The van der Waals surface area contributed by atoms with Crippen molar-refractivity contribution in [2.45, 2.75) is 70.3 Å². The fourth-order valence-corrected chi connectivity index (χ4v) is 5.61. The normalized spacial score (nSPS) is 31.3. The minimum Gasteiger partial charge on any atom is -0.490 e. The Kier molecular flexibility index (Phi) is 6.80. The molecule has 0 saturated heterocycles. The first-order valence-corrected chi connectivity index (χ1v) is 11.6. The second-order valence-electron chi connectivity index (χ2n) is 9.42. The molecule has 1 aliphatic heterocycles. The van der Waals surface area contributed by atoms with Crippen LogP contribution in [0.1, 0.15) is 63.4 Å². The van der Waals surface area contributed by atoms with E-state index in [4.69, 9.17) is 9.47 Å². The highest BCUT2D eigenvalue weighted by atomic mass is 19.2. The van der Waals surface area contributed by atoms with Crippen molar-refractivity contribution < 1.29 is 18.3 Å². The summed E-state index contributed by atoms with van der Waals surface area (Å²) in [5.74, 6) is 0.976. The summed E-state index contributed by atoms with van der Waals surface area (Å²) >= 11 is 0. The van der Waals surface area contributed by atoms with E-state index in [2.05, 4.69) is 19.2 Å². The minimum absolute atomic E-state index is 0.0164. The van der Waals surface area contributed by atoms with Gasteiger partial charge in [0.1, 0.15) is 6.10 Å². The Hall–Kier alpha value is -1.84. The Bertz CT molecular complexity index is 759. The summed E-state index contributed by atoms with van der Waals surface area (Å²) in [7, 11) is 0. The van der Waals surface area contributed by atoms with Gasteiger partial charge in [0.05, 0.1) is 6.61 Å². The zero-order valence-electron chi connectivity index (χ0n) is 17.9. The third kappa shape index (κ3) is 4.58. The number of fused-ring (bicyclic) bond motifs is 1. The lowest BCUT2D eigenvalue weighted by atomic mass is 9.69. The average molecular weight is 417 g/mol. The smallest absolute Gasteiger partial charge is 0.204 e. The molecule has 2 fully saturated rings. The Balaban J connectivity index is 1.29. The van der Waals surface area contributed by atoms with Crippen LogP contribution in [0.25, 0.3) is 0 Å². The highest BCUT2D eigenvalue weighted by Gasteiger charge is 2.31. The number of ether oxygens (including phenoxy) is 2. The second kappa shape index (κ2) is 9.53. The summed E-state index contributed by atoms with van der Waals surface area (Å²) in [6.07, 6.45) is 14.8. The van der Waals surface area contributed by atoms with E-state index in [-0.39, 0.29) is 17.6 Å². The van der Waals surface area contributed by atoms with Crippen molar-refractivity contribution in [3.05, 3.63) is 48.6 Å². The maximum absolute atomic E-state index is 14.5. The fraction of sp³-hybridized carbons (Fsp3) is 0.615. The van der Waals surface area contributed by atoms with Gasteiger partial charge < -0.3 is 9.47 Å². The van der Waals surface area contributed by atoms with Gasteiger partial charge in [-0.05, 0) is 93.9 Å². The van der Waals surface area contributed by atoms with Crippen molar-refractivity contribution in [1.82, 2.24) is 0 Å². The van der Waals surface area contributed by atoms with Crippen molar-refractivity contribution in [2.75, 3.05) is 6.61 Å². The number of benzene rings is 1. The van der Waals surface area contributed by atoms with Gasteiger partial charge in [0.25, 0.3) is 0 Å². The molecule has 4 heteroatoms. The van der Waals surface area contributed by atoms with Crippen molar-refractivity contribution in [3.8, 4) is 11.5 Å². The largest absolute Gasteiger partial charge is 0.490 e. The van der Waals surface area contributed by atoms with Crippen LogP contribution in [-0.4, -0.2) is 12.7 Å². The van der Waals surface area contributed by atoms with Crippen LogP contribution in [0.15, 0.2) is 31.4 Å². The molecule has 1 aromatic rings. The number of allylic oxidation sites excluding steroid dienone is 1. The van der Waals surface area contributed by atoms with E-state index < -0.39 is 11.6 Å². The fourth-order valence-electron chi connectivity index (χ4n) is 5.61. The summed E-state index contributed by atoms with van der Waals surface area (Å²) in [4.78, 5) is 0. The number of rotatable bonds is 6. The van der Waals surface area contributed by atoms with Crippen LogP contribution in [0.4, 0.5) is 8.78 Å². The molecule has 0 spiro atoms. The van der Waals surface area contributed by atoms with Crippen LogP contribution >= 0.6 is 0 Å². The maximum atomic E-state index is 14.5. The van der Waals surface area contributed by atoms with E-state index in [9.17, 15) is 8.78 Å². The molecule has 0 amide bonds. The van der Waals surface area contributed by atoms with Crippen LogP contribution in [0, 0.1) is 35.3 Å². The average Bonchev–Trinajstić information content (AvgIpc) is 2.80. The van der Waals surface area contributed by atoms with Crippen molar-refractivity contribution in [1.29, 1.82) is 0 Å². The van der Waals surface area contributed by atoms with Crippen LogP contribution < -0.4 is 9.47 Å². The summed E-state index contributed by atoms with van der Waals surface area (Å²) in [5.41, 5.74) is 0.681. The third-order valence-electron chi connectivity index (χ3n) is 7.62. The molecule has 1 unspecified atom stereocenters. The van der Waals surface area contributed by atoms with Crippen LogP contribution in [-0.2, 0) is 6.42 Å². The zero-order valence-corrected chi connectivity index (χ0v) is 17.9. The molecule has 4 rings (SSSR count). The molecular formula is C26H34F2O2. The molecular weight excluding hydrogens is 382 g/mol. The van der Waals surface area contributed by atoms with Gasteiger partial charge in [0.2, 0.25) is 11.6 Å². The Morgan fingerprint density at radius 2 is 1.57 bits per heavy atom. The standard InChI is InChI=1S/C26H34F2O2/c1-3-17-5-9-19(10-6-17)20-11-7-18(8-12-20)16-29-23-15-21-13-14-22(4-2)30-26(21)25(28)24(23)27/h3-4,15,17-20,22H,1-2,5-14,16H2. The van der Waals surface area contributed by atoms with Gasteiger partial charge in [0.15, 0.2) is 11.5 Å². The highest BCUT2D eigenvalue weighted by molar-refractivity contribution is 5.44. The van der Waals surface area contributed by atoms with Gasteiger partial charge in [-0.15, -0.1) is 6.58 Å². The number of hydrogen-bond donors (Lipinski definition) is 0. The van der Waals surface area contributed by atoms with Gasteiger partial charge in [-0.1, -0.05) is 18.7 Å². The Morgan fingerprint density at radius 1 is 0.900 bits per heavy atom. The Labute approximate surface area is 179 Å². The molecule has 0 N–H and O–H groups in total. The number of hydrogen-bond acceptors (Lipinski definition) is 2. The molecule has 30 heavy (non-hydrogen) atoms. The van der Waals surface area contributed by atoms with Crippen molar-refractivity contribution in [3.63, 3.8) is 0 Å². The predicted octanol–water partition coefficient (Wildman–Crippen LogP) is 7.02. The van der Waals surface area contributed by atoms with Gasteiger partial charge in [-0.3, -0.25) is 0 Å². The molecule has 2 aliphatic carbocycles. The van der Waals surface area contributed by atoms with Crippen LogP contribution in [0.2, 0.25) is 0 Å². The molecule has 3 aliphatic rings. The van der Waals surface area contributed by atoms with E-state index >= 15 is 0 Å². The molecule has 2 saturated carbocycles. The number of aryl methyl sites for hydroxylation is 1. The molecule has 1 atom stereocenters. The molecule has 1 aromatic carbocycles. The third-order valence-corrected chi connectivity index (χ3v) is 7.62. The first kappa shape index (κ1) is 21.4. The molecule has 0 radical (unpaired) electrons. The first-order valence-electron chi connectivity index (χ1n) is 11.6. The van der Waals surface area contributed by atoms with Gasteiger partial charge >= 0.3 is 0 Å². The molecule has 1 heterocycles. The summed E-state index contributed by atoms with van der Waals surface area (Å²) in [5, 5.41) is 0. The van der Waals surface area contributed by atoms with E-state index in [0.29, 0.717) is 30.4 Å². The van der Waals surface area contributed by atoms with Crippen molar-refractivity contribution in [2.24, 2.45) is 23.7 Å². The van der Waals surface area contributed by atoms with Crippen LogP contribution in [0.3, 0.4) is 0 Å². The Morgan fingerprint density at radius 3 is 2.20 bits per heavy atom. The molecule has 164 valence electrons. The lowest BCUT2D eigenvalue weighted by Gasteiger charge is -2.37. The summed E-state index contributed by atoms with van der Waals surface area (Å²) in [6.45, 7) is 8.08. The molecule has 0 aromatic heterocycles. The second-order valence-corrected chi connectivity index (χ2v) is 9.42. The van der Waals surface area contributed by atoms with E-state index in [1.165, 1.54) is 38.5 Å². The zero-order chi connectivity index (χ0) is 21.1. The molecule has 2 nitrogen and oxygen atoms in total. The predicted molar refractivity (Wildman–Crippen MR) is 116 cm³/mol. The molecule has 0 bridgehead atoms. The summed E-state index contributed by atoms with van der Waals surface area (Å²) in [6, 6.07) is 1.62. The van der Waals surface area contributed by atoms with Gasteiger partial charge in [-0.2, -0.15) is 8.78 Å². The maximum Gasteiger partial charge on any atom is 0.204 e. The van der Waals surface area contributed by atoms with Crippen molar-refractivity contribution >= 4 is 0 Å². The lowest BCUT2D eigenvalue weighted by molar-refractivity contribution is 0.126. The topological polar surface area (TPSA) is 18.5 Å². The number of halogens is 2. The summed E-state index contributed by atoms with van der Waals surface area (Å²) < 4.78 is 40.4. The van der Waals surface area contributed by atoms with Gasteiger partial charge in [-0.25, -0.2) is 0 Å².